The molecular weight excluding hydrogens is 214 g/mol. The van der Waals surface area contributed by atoms with Crippen LogP contribution in [0.5, 0.6) is 0 Å². The smallest absolute Gasteiger partial charge is 0.242 e. The van der Waals surface area contributed by atoms with Gasteiger partial charge in [0.05, 0.1) is 0 Å². The minimum Gasteiger partial charge on any atom is -0.326 e. The van der Waals surface area contributed by atoms with Crippen LogP contribution in [-0.2, 0) is 16.6 Å². The lowest BCUT2D eigenvalue weighted by atomic mass is 10.3. The molecule has 84 valence electrons. The number of aromatic nitrogens is 1. The third-order valence-corrected chi connectivity index (χ3v) is 3.33. The average Bonchev–Trinajstić information content (AvgIpc) is 2.16. The number of rotatable bonds is 4. The molecule has 6 heteroatoms. The van der Waals surface area contributed by atoms with Crippen LogP contribution in [0.3, 0.4) is 0 Å². The second-order valence-corrected chi connectivity index (χ2v) is 5.22. The van der Waals surface area contributed by atoms with E-state index in [2.05, 4.69) is 9.71 Å². The van der Waals surface area contributed by atoms with Gasteiger partial charge in [-0.3, -0.25) is 4.98 Å². The summed E-state index contributed by atoms with van der Waals surface area (Å²) in [6.07, 6.45) is 2.86. The van der Waals surface area contributed by atoms with E-state index >= 15 is 0 Å². The summed E-state index contributed by atoms with van der Waals surface area (Å²) in [4.78, 5) is 3.98. The van der Waals surface area contributed by atoms with Crippen molar-refractivity contribution in [2.24, 2.45) is 5.73 Å². The van der Waals surface area contributed by atoms with Crippen molar-refractivity contribution in [2.75, 3.05) is 0 Å². The maximum absolute atomic E-state index is 11.7. The van der Waals surface area contributed by atoms with E-state index in [9.17, 15) is 8.42 Å². The van der Waals surface area contributed by atoms with Crippen LogP contribution in [0.25, 0.3) is 0 Å². The summed E-state index contributed by atoms with van der Waals surface area (Å²) < 4.78 is 25.9. The van der Waals surface area contributed by atoms with E-state index in [0.29, 0.717) is 5.56 Å². The zero-order chi connectivity index (χ0) is 11.5. The number of hydrogen-bond acceptors (Lipinski definition) is 4. The highest BCUT2D eigenvalue weighted by atomic mass is 32.2. The maximum Gasteiger partial charge on any atom is 0.242 e. The zero-order valence-electron chi connectivity index (χ0n) is 8.77. The van der Waals surface area contributed by atoms with Gasteiger partial charge in [-0.05, 0) is 25.5 Å². The van der Waals surface area contributed by atoms with Crippen LogP contribution in [0.4, 0.5) is 0 Å². The molecule has 0 atom stereocenters. The van der Waals surface area contributed by atoms with E-state index in [0.717, 1.165) is 0 Å². The summed E-state index contributed by atoms with van der Waals surface area (Å²) in [6, 6.07) is 1.38. The first kappa shape index (κ1) is 12.1. The third kappa shape index (κ3) is 3.26. The van der Waals surface area contributed by atoms with E-state index in [1.54, 1.807) is 20.0 Å². The van der Waals surface area contributed by atoms with Crippen molar-refractivity contribution in [3.63, 3.8) is 0 Å². The first-order chi connectivity index (χ1) is 6.95. The van der Waals surface area contributed by atoms with Gasteiger partial charge in [-0.1, -0.05) is 0 Å². The Morgan fingerprint density at radius 2 is 2.13 bits per heavy atom. The molecule has 5 nitrogen and oxygen atoms in total. The number of nitrogens with one attached hydrogen (secondary N) is 1. The van der Waals surface area contributed by atoms with Crippen LogP contribution in [0, 0.1) is 0 Å². The number of nitrogens with zero attached hydrogens (tertiary/aromatic N) is 1. The van der Waals surface area contributed by atoms with Crippen LogP contribution in [0.15, 0.2) is 23.4 Å². The third-order valence-electron chi connectivity index (χ3n) is 1.71. The Labute approximate surface area is 89.8 Å². The number of sulfonamides is 1. The van der Waals surface area contributed by atoms with Gasteiger partial charge >= 0.3 is 0 Å². The van der Waals surface area contributed by atoms with Crippen molar-refractivity contribution in [3.8, 4) is 0 Å². The normalized spacial score (nSPS) is 12.0. The summed E-state index contributed by atoms with van der Waals surface area (Å²) in [7, 11) is -3.46. The fourth-order valence-corrected chi connectivity index (χ4v) is 2.36. The molecule has 0 amide bonds. The molecule has 1 aromatic rings. The van der Waals surface area contributed by atoms with Gasteiger partial charge < -0.3 is 5.73 Å². The quantitative estimate of drug-likeness (QED) is 0.773. The average molecular weight is 229 g/mol. The van der Waals surface area contributed by atoms with Crippen LogP contribution < -0.4 is 10.5 Å². The molecule has 0 saturated heterocycles. The van der Waals surface area contributed by atoms with Crippen LogP contribution in [-0.4, -0.2) is 19.4 Å². The second kappa shape index (κ2) is 4.69. The summed E-state index contributed by atoms with van der Waals surface area (Å²) in [5.41, 5.74) is 6.10. The van der Waals surface area contributed by atoms with Crippen molar-refractivity contribution in [1.82, 2.24) is 9.71 Å². The lowest BCUT2D eigenvalue weighted by Gasteiger charge is -2.09. The van der Waals surface area contributed by atoms with E-state index in [-0.39, 0.29) is 17.5 Å². The van der Waals surface area contributed by atoms with Gasteiger partial charge in [0.2, 0.25) is 10.0 Å². The molecule has 0 saturated carbocycles. The largest absolute Gasteiger partial charge is 0.326 e. The van der Waals surface area contributed by atoms with Gasteiger partial charge in [-0.2, -0.15) is 0 Å². The lowest BCUT2D eigenvalue weighted by molar-refractivity contribution is 0.569. The predicted octanol–water partition coefficient (Wildman–Crippen LogP) is 0.227. The molecule has 0 spiro atoms. The van der Waals surface area contributed by atoms with Crippen LogP contribution in [0.2, 0.25) is 0 Å². The number of hydrogen-bond donors (Lipinski definition) is 2. The number of pyridine rings is 1. The highest BCUT2D eigenvalue weighted by Gasteiger charge is 2.15. The van der Waals surface area contributed by atoms with Crippen molar-refractivity contribution in [3.05, 3.63) is 24.0 Å². The summed E-state index contributed by atoms with van der Waals surface area (Å²) >= 11 is 0. The van der Waals surface area contributed by atoms with Crippen molar-refractivity contribution < 1.29 is 8.42 Å². The van der Waals surface area contributed by atoms with Crippen molar-refractivity contribution >= 4 is 10.0 Å². The van der Waals surface area contributed by atoms with Gasteiger partial charge in [0.1, 0.15) is 4.90 Å². The Bertz CT molecular complexity index is 429. The second-order valence-electron chi connectivity index (χ2n) is 3.51. The summed E-state index contributed by atoms with van der Waals surface area (Å²) in [5, 5.41) is 0. The summed E-state index contributed by atoms with van der Waals surface area (Å²) in [6.45, 7) is 3.80. The van der Waals surface area contributed by atoms with Crippen LogP contribution in [0.1, 0.15) is 19.4 Å². The molecule has 0 aromatic carbocycles. The predicted molar refractivity (Wildman–Crippen MR) is 57.6 cm³/mol. The van der Waals surface area contributed by atoms with E-state index in [1.807, 2.05) is 0 Å². The van der Waals surface area contributed by atoms with Gasteiger partial charge in [0.15, 0.2) is 0 Å². The summed E-state index contributed by atoms with van der Waals surface area (Å²) in [5.74, 6) is 0. The first-order valence-corrected chi connectivity index (χ1v) is 6.10. The molecule has 0 aliphatic rings. The molecule has 0 bridgehead atoms. The molecule has 0 radical (unpaired) electrons. The Balaban J connectivity index is 3.04. The van der Waals surface area contributed by atoms with Gasteiger partial charge in [-0.25, -0.2) is 13.1 Å². The molecule has 0 aliphatic carbocycles. The molecule has 3 N–H and O–H groups in total. The molecule has 15 heavy (non-hydrogen) atoms. The van der Waals surface area contributed by atoms with E-state index in [4.69, 9.17) is 5.73 Å². The molecule has 1 aromatic heterocycles. The molecule has 0 aliphatic heterocycles. The van der Waals surface area contributed by atoms with Crippen molar-refractivity contribution in [2.45, 2.75) is 31.3 Å². The molecule has 0 unspecified atom stereocenters. The van der Waals surface area contributed by atoms with Gasteiger partial charge in [0, 0.05) is 25.0 Å². The Hall–Kier alpha value is -0.980. The molecular formula is C9H15N3O2S. The van der Waals surface area contributed by atoms with Crippen molar-refractivity contribution in [1.29, 1.82) is 0 Å². The fourth-order valence-electron chi connectivity index (χ4n) is 1.10. The minimum atomic E-state index is -3.46. The topological polar surface area (TPSA) is 85.1 Å². The SMILES string of the molecule is CC(C)NS(=O)(=O)c1cncc(CN)c1. The zero-order valence-corrected chi connectivity index (χ0v) is 9.58. The minimum absolute atomic E-state index is 0.142. The Morgan fingerprint density at radius 1 is 1.47 bits per heavy atom. The fraction of sp³-hybridized carbons (Fsp3) is 0.444. The molecule has 1 rings (SSSR count). The lowest BCUT2D eigenvalue weighted by Crippen LogP contribution is -2.30. The van der Waals surface area contributed by atoms with Gasteiger partial charge in [-0.15, -0.1) is 0 Å². The maximum atomic E-state index is 11.7. The van der Waals surface area contributed by atoms with Gasteiger partial charge in [0.25, 0.3) is 0 Å². The molecule has 1 heterocycles. The van der Waals surface area contributed by atoms with E-state index < -0.39 is 10.0 Å². The number of nitrogens with two attached hydrogens (primary N) is 1. The van der Waals surface area contributed by atoms with Crippen LogP contribution >= 0.6 is 0 Å². The molecule has 0 fully saturated rings. The van der Waals surface area contributed by atoms with E-state index in [1.165, 1.54) is 12.3 Å². The Morgan fingerprint density at radius 3 is 2.67 bits per heavy atom. The standard InChI is InChI=1S/C9H15N3O2S/c1-7(2)12-15(13,14)9-3-8(4-10)5-11-6-9/h3,5-7,12H,4,10H2,1-2H3. The first-order valence-electron chi connectivity index (χ1n) is 4.62. The highest BCUT2D eigenvalue weighted by Crippen LogP contribution is 2.09. The highest BCUT2D eigenvalue weighted by molar-refractivity contribution is 7.89. The monoisotopic (exact) mass is 229 g/mol. The Kier molecular flexibility index (Phi) is 3.78.